The zero-order valence-electron chi connectivity index (χ0n) is 15.8. The van der Waals surface area contributed by atoms with Gasteiger partial charge in [0.05, 0.1) is 10.0 Å². The Labute approximate surface area is 192 Å². The topological polar surface area (TPSA) is 85.8 Å². The Hall–Kier alpha value is -1.26. The number of hydrogen-bond donors (Lipinski definition) is 3. The van der Waals surface area contributed by atoms with Gasteiger partial charge in [0.1, 0.15) is 6.54 Å². The highest BCUT2D eigenvalue weighted by Gasteiger charge is 2.17. The molecule has 0 bridgehead atoms. The first-order valence-corrected chi connectivity index (χ1v) is 9.80. The molecule has 0 atom stereocenters. The van der Waals surface area contributed by atoms with Crippen LogP contribution in [-0.2, 0) is 4.79 Å². The van der Waals surface area contributed by atoms with Crippen LogP contribution in [0.3, 0.4) is 0 Å². The van der Waals surface area contributed by atoms with E-state index in [2.05, 4.69) is 20.9 Å². The summed E-state index contributed by atoms with van der Waals surface area (Å²) >= 11 is 11.8. The van der Waals surface area contributed by atoms with Gasteiger partial charge in [0.2, 0.25) is 5.91 Å². The van der Waals surface area contributed by atoms with Crippen LogP contribution < -0.4 is 16.0 Å². The van der Waals surface area contributed by atoms with Gasteiger partial charge in [-0.25, -0.2) is 4.99 Å². The molecule has 1 fully saturated rings. The second kappa shape index (κ2) is 13.1. The van der Waals surface area contributed by atoms with Crippen molar-refractivity contribution in [2.75, 3.05) is 39.3 Å². The molecule has 2 amide bonds. The van der Waals surface area contributed by atoms with Gasteiger partial charge in [0, 0.05) is 38.3 Å². The Morgan fingerprint density at radius 3 is 2.39 bits per heavy atom. The molecule has 7 nitrogen and oxygen atoms in total. The van der Waals surface area contributed by atoms with Crippen molar-refractivity contribution in [1.82, 2.24) is 20.9 Å². The number of halogens is 3. The largest absolute Gasteiger partial charge is 0.357 e. The lowest BCUT2D eigenvalue weighted by Gasteiger charge is -2.15. The number of rotatable bonds is 7. The summed E-state index contributed by atoms with van der Waals surface area (Å²) in [5.74, 6) is 0.355. The van der Waals surface area contributed by atoms with E-state index in [1.54, 1.807) is 12.1 Å². The maximum atomic E-state index is 12.1. The van der Waals surface area contributed by atoms with E-state index >= 15 is 0 Å². The van der Waals surface area contributed by atoms with Crippen molar-refractivity contribution in [2.45, 2.75) is 19.8 Å². The van der Waals surface area contributed by atoms with Gasteiger partial charge in [-0.3, -0.25) is 9.59 Å². The van der Waals surface area contributed by atoms with Crippen molar-refractivity contribution in [2.24, 2.45) is 4.99 Å². The molecule has 0 saturated carbocycles. The van der Waals surface area contributed by atoms with Gasteiger partial charge >= 0.3 is 0 Å². The van der Waals surface area contributed by atoms with Crippen molar-refractivity contribution in [1.29, 1.82) is 0 Å². The zero-order chi connectivity index (χ0) is 19.6. The number of carbonyl (C=O) groups excluding carboxylic acids is 2. The maximum absolute atomic E-state index is 12.1. The van der Waals surface area contributed by atoms with E-state index < -0.39 is 0 Å². The van der Waals surface area contributed by atoms with E-state index in [-0.39, 0.29) is 42.3 Å². The molecule has 0 aromatic heterocycles. The molecule has 1 aliphatic heterocycles. The molecule has 0 unspecified atom stereocenters. The third-order valence-corrected chi connectivity index (χ3v) is 4.80. The number of amides is 2. The molecule has 10 heteroatoms. The summed E-state index contributed by atoms with van der Waals surface area (Å²) in [5.41, 5.74) is 0.446. The van der Waals surface area contributed by atoms with Crippen molar-refractivity contribution in [3.63, 3.8) is 0 Å². The molecule has 0 spiro atoms. The molecule has 156 valence electrons. The molecule has 0 radical (unpaired) electrons. The van der Waals surface area contributed by atoms with Crippen LogP contribution in [0.5, 0.6) is 0 Å². The minimum atomic E-state index is -0.235. The molecule has 1 aliphatic rings. The fourth-order valence-corrected chi connectivity index (χ4v) is 2.95. The van der Waals surface area contributed by atoms with Crippen LogP contribution in [0.2, 0.25) is 10.0 Å². The average Bonchev–Trinajstić information content (AvgIpc) is 3.19. The Morgan fingerprint density at radius 2 is 1.75 bits per heavy atom. The van der Waals surface area contributed by atoms with Crippen molar-refractivity contribution < 1.29 is 9.59 Å². The number of carbonyl (C=O) groups is 2. The van der Waals surface area contributed by atoms with Gasteiger partial charge in [0.25, 0.3) is 5.91 Å². The van der Waals surface area contributed by atoms with Gasteiger partial charge in [-0.15, -0.1) is 24.0 Å². The Bertz CT molecular complexity index is 697. The Morgan fingerprint density at radius 1 is 1.07 bits per heavy atom. The van der Waals surface area contributed by atoms with Crippen LogP contribution >= 0.6 is 47.2 Å². The third kappa shape index (κ3) is 8.00. The summed E-state index contributed by atoms with van der Waals surface area (Å²) in [6.07, 6.45) is 2.12. The normalized spacial score (nSPS) is 13.7. The Balaban J connectivity index is 0.00000392. The Kier molecular flexibility index (Phi) is 11.6. The monoisotopic (exact) mass is 541 g/mol. The number of benzene rings is 1. The molecule has 2 rings (SSSR count). The highest BCUT2D eigenvalue weighted by Crippen LogP contribution is 2.22. The van der Waals surface area contributed by atoms with Crippen LogP contribution in [-0.4, -0.2) is 61.9 Å². The van der Waals surface area contributed by atoms with Gasteiger partial charge in [0.15, 0.2) is 5.96 Å². The second-order valence-corrected chi connectivity index (χ2v) is 6.91. The number of nitrogens with zero attached hydrogens (tertiary/aromatic N) is 2. The summed E-state index contributed by atoms with van der Waals surface area (Å²) < 4.78 is 0. The first kappa shape index (κ1) is 24.8. The average molecular weight is 542 g/mol. The van der Waals surface area contributed by atoms with Crippen molar-refractivity contribution >= 4 is 65.0 Å². The van der Waals surface area contributed by atoms with Crippen LogP contribution in [0.25, 0.3) is 0 Å². The van der Waals surface area contributed by atoms with Gasteiger partial charge in [-0.2, -0.15) is 0 Å². The van der Waals surface area contributed by atoms with Gasteiger partial charge < -0.3 is 20.9 Å². The molecule has 1 aromatic carbocycles. The molecule has 1 saturated heterocycles. The summed E-state index contributed by atoms with van der Waals surface area (Å²) in [6, 6.07) is 4.74. The van der Waals surface area contributed by atoms with Crippen LogP contribution in [0.1, 0.15) is 30.1 Å². The minimum absolute atomic E-state index is 0. The summed E-state index contributed by atoms with van der Waals surface area (Å²) in [4.78, 5) is 30.3. The summed E-state index contributed by atoms with van der Waals surface area (Å²) in [7, 11) is 0. The van der Waals surface area contributed by atoms with E-state index in [9.17, 15) is 9.59 Å². The van der Waals surface area contributed by atoms with E-state index in [1.165, 1.54) is 6.07 Å². The first-order chi connectivity index (χ1) is 13.0. The SMILES string of the molecule is CCNC(=NCC(=O)N1CCCC1)NCCNC(=O)c1ccc(Cl)c(Cl)c1.I. The number of likely N-dealkylation sites (tertiary alicyclic amines) is 1. The standard InChI is InChI=1S/C18H25Cl2N5O2.HI/c1-2-21-18(24-12-16(26)25-9-3-4-10-25)23-8-7-22-17(27)13-5-6-14(19)15(20)11-13;/h5-6,11H,2-4,7-10,12H2,1H3,(H,22,27)(H2,21,23,24);1H. The van der Waals surface area contributed by atoms with Crippen LogP contribution in [0.15, 0.2) is 23.2 Å². The molecule has 1 aromatic rings. The van der Waals surface area contributed by atoms with E-state index in [0.29, 0.717) is 41.2 Å². The van der Waals surface area contributed by atoms with E-state index in [4.69, 9.17) is 23.2 Å². The fraction of sp³-hybridized carbons (Fsp3) is 0.500. The highest BCUT2D eigenvalue weighted by atomic mass is 127. The molecule has 3 N–H and O–H groups in total. The lowest BCUT2D eigenvalue weighted by atomic mass is 10.2. The second-order valence-electron chi connectivity index (χ2n) is 6.09. The number of nitrogens with one attached hydrogen (secondary N) is 3. The highest BCUT2D eigenvalue weighted by molar-refractivity contribution is 14.0. The van der Waals surface area contributed by atoms with Crippen molar-refractivity contribution in [3.05, 3.63) is 33.8 Å². The number of guanidine groups is 1. The van der Waals surface area contributed by atoms with Gasteiger partial charge in [-0.1, -0.05) is 23.2 Å². The zero-order valence-corrected chi connectivity index (χ0v) is 19.6. The van der Waals surface area contributed by atoms with Crippen LogP contribution in [0.4, 0.5) is 0 Å². The summed E-state index contributed by atoms with van der Waals surface area (Å²) in [6.45, 7) is 5.24. The molecular formula is C18H26Cl2IN5O2. The number of hydrogen-bond acceptors (Lipinski definition) is 3. The number of aliphatic imine (C=N–C) groups is 1. The lowest BCUT2D eigenvalue weighted by molar-refractivity contribution is -0.128. The van der Waals surface area contributed by atoms with E-state index in [0.717, 1.165) is 25.9 Å². The van der Waals surface area contributed by atoms with Crippen molar-refractivity contribution in [3.8, 4) is 0 Å². The lowest BCUT2D eigenvalue weighted by Crippen LogP contribution is -2.42. The first-order valence-electron chi connectivity index (χ1n) is 9.04. The molecule has 28 heavy (non-hydrogen) atoms. The van der Waals surface area contributed by atoms with E-state index in [1.807, 2.05) is 11.8 Å². The summed E-state index contributed by atoms with van der Waals surface area (Å²) in [5, 5.41) is 9.72. The molecule has 1 heterocycles. The third-order valence-electron chi connectivity index (χ3n) is 4.06. The predicted octanol–water partition coefficient (Wildman–Crippen LogP) is 2.52. The van der Waals surface area contributed by atoms with Crippen LogP contribution in [0, 0.1) is 0 Å². The fourth-order valence-electron chi connectivity index (χ4n) is 2.65. The van der Waals surface area contributed by atoms with Gasteiger partial charge in [-0.05, 0) is 38.0 Å². The quantitative estimate of drug-likeness (QED) is 0.214. The predicted molar refractivity (Wildman–Crippen MR) is 124 cm³/mol. The maximum Gasteiger partial charge on any atom is 0.251 e. The molecular weight excluding hydrogens is 516 g/mol. The minimum Gasteiger partial charge on any atom is -0.357 e. The smallest absolute Gasteiger partial charge is 0.251 e. The molecule has 0 aliphatic carbocycles.